The van der Waals surface area contributed by atoms with E-state index < -0.39 is 0 Å². The Labute approximate surface area is 113 Å². The topological polar surface area (TPSA) is 61.9 Å². The summed E-state index contributed by atoms with van der Waals surface area (Å²) in [4.78, 5) is 27.1. The van der Waals surface area contributed by atoms with Crippen molar-refractivity contribution in [1.82, 2.24) is 15.1 Å². The van der Waals surface area contributed by atoms with E-state index in [0.29, 0.717) is 12.0 Å². The van der Waals surface area contributed by atoms with Crippen molar-refractivity contribution in [3.05, 3.63) is 11.6 Å². The van der Waals surface area contributed by atoms with Crippen LogP contribution in [0.2, 0.25) is 0 Å². The van der Waals surface area contributed by atoms with Crippen molar-refractivity contribution >= 4 is 12.0 Å². The Bertz CT molecular complexity index is 395. The number of fused-ring (bicyclic) bond motifs is 1. The van der Waals surface area contributed by atoms with Crippen LogP contribution in [0.25, 0.3) is 0 Å². The van der Waals surface area contributed by atoms with Crippen LogP contribution in [0.3, 0.4) is 0 Å². The fourth-order valence-electron chi connectivity index (χ4n) is 2.58. The molecule has 2 amide bonds. The summed E-state index contributed by atoms with van der Waals surface area (Å²) in [5.41, 5.74) is 0.713. The van der Waals surface area contributed by atoms with E-state index in [2.05, 4.69) is 10.2 Å². The highest BCUT2D eigenvalue weighted by Crippen LogP contribution is 2.14. The molecule has 2 aliphatic heterocycles. The number of nitrogens with one attached hydrogen (secondary N) is 1. The minimum Gasteiger partial charge on any atom is -0.466 e. The average molecular weight is 267 g/mol. The first-order chi connectivity index (χ1) is 9.15. The highest BCUT2D eigenvalue weighted by molar-refractivity contribution is 5.88. The van der Waals surface area contributed by atoms with E-state index in [1.165, 1.54) is 7.11 Å². The molecule has 6 heteroatoms. The third kappa shape index (κ3) is 3.07. The molecule has 1 N–H and O–H groups in total. The van der Waals surface area contributed by atoms with Crippen LogP contribution in [0.15, 0.2) is 11.6 Å². The molecule has 0 spiro atoms. The van der Waals surface area contributed by atoms with Gasteiger partial charge in [-0.3, -0.25) is 4.90 Å². The molecular weight excluding hydrogens is 246 g/mol. The molecule has 0 aromatic heterocycles. The van der Waals surface area contributed by atoms with Gasteiger partial charge < -0.3 is 15.0 Å². The fourth-order valence-corrected chi connectivity index (χ4v) is 2.58. The van der Waals surface area contributed by atoms with Crippen LogP contribution in [0, 0.1) is 0 Å². The highest BCUT2D eigenvalue weighted by atomic mass is 16.5. The molecule has 2 aliphatic rings. The van der Waals surface area contributed by atoms with Gasteiger partial charge in [0.25, 0.3) is 0 Å². The number of piperazine rings is 1. The minimum absolute atomic E-state index is 0.0454. The van der Waals surface area contributed by atoms with Gasteiger partial charge in [0.05, 0.1) is 13.2 Å². The second kappa shape index (κ2) is 6.06. The second-order valence-electron chi connectivity index (χ2n) is 4.87. The molecule has 2 heterocycles. The molecule has 1 unspecified atom stereocenters. The molecule has 0 aromatic rings. The van der Waals surface area contributed by atoms with Gasteiger partial charge in [0.1, 0.15) is 0 Å². The van der Waals surface area contributed by atoms with Crippen LogP contribution in [-0.4, -0.2) is 67.7 Å². The summed E-state index contributed by atoms with van der Waals surface area (Å²) in [6, 6.07) is 0.307. The van der Waals surface area contributed by atoms with Gasteiger partial charge in [0.2, 0.25) is 0 Å². The van der Waals surface area contributed by atoms with Gasteiger partial charge in [-0.15, -0.1) is 0 Å². The number of hydrogen-bond donors (Lipinski definition) is 1. The molecule has 0 aliphatic carbocycles. The number of urea groups is 1. The Morgan fingerprint density at radius 2 is 2.32 bits per heavy atom. The van der Waals surface area contributed by atoms with Crippen molar-refractivity contribution in [1.29, 1.82) is 0 Å². The lowest BCUT2D eigenvalue weighted by molar-refractivity contribution is -0.136. The summed E-state index contributed by atoms with van der Waals surface area (Å²) in [6.45, 7) is 5.85. The van der Waals surface area contributed by atoms with E-state index in [0.717, 1.165) is 32.7 Å². The zero-order valence-corrected chi connectivity index (χ0v) is 11.5. The maximum Gasteiger partial charge on any atom is 0.333 e. The van der Waals surface area contributed by atoms with Crippen molar-refractivity contribution in [3.63, 3.8) is 0 Å². The van der Waals surface area contributed by atoms with Crippen molar-refractivity contribution in [3.8, 4) is 0 Å². The van der Waals surface area contributed by atoms with E-state index >= 15 is 0 Å². The summed E-state index contributed by atoms with van der Waals surface area (Å²) in [7, 11) is 1.40. The first-order valence-electron chi connectivity index (χ1n) is 6.69. The molecule has 0 aromatic carbocycles. The Kier molecular flexibility index (Phi) is 4.42. The predicted molar refractivity (Wildman–Crippen MR) is 70.7 cm³/mol. The van der Waals surface area contributed by atoms with Gasteiger partial charge >= 0.3 is 12.0 Å². The Morgan fingerprint density at radius 1 is 1.53 bits per heavy atom. The number of carbonyl (C=O) groups is 2. The summed E-state index contributed by atoms with van der Waals surface area (Å²) in [6.07, 6.45) is 2.61. The Morgan fingerprint density at radius 3 is 3.00 bits per heavy atom. The molecule has 2 saturated heterocycles. The largest absolute Gasteiger partial charge is 0.466 e. The van der Waals surface area contributed by atoms with Crippen LogP contribution < -0.4 is 5.32 Å². The van der Waals surface area contributed by atoms with E-state index in [1.807, 2.05) is 17.9 Å². The number of amides is 2. The number of nitrogens with zero attached hydrogens (tertiary/aromatic N) is 2. The number of rotatable bonds is 4. The Balaban J connectivity index is 1.89. The quantitative estimate of drug-likeness (QED) is 0.584. The lowest BCUT2D eigenvalue weighted by Crippen LogP contribution is -2.52. The SMILES string of the molecule is CCC(=CCN1CCN2C(=O)NCC2C1)C(=O)OC. The van der Waals surface area contributed by atoms with E-state index in [-0.39, 0.29) is 18.0 Å². The molecule has 0 radical (unpaired) electrons. The molecule has 2 rings (SSSR count). The van der Waals surface area contributed by atoms with Crippen LogP contribution in [0.4, 0.5) is 4.79 Å². The lowest BCUT2D eigenvalue weighted by Gasteiger charge is -2.35. The van der Waals surface area contributed by atoms with Crippen molar-refractivity contribution in [2.75, 3.05) is 39.8 Å². The lowest BCUT2D eigenvalue weighted by atomic mass is 10.1. The number of carbonyl (C=O) groups excluding carboxylic acids is 2. The second-order valence-corrected chi connectivity index (χ2v) is 4.87. The van der Waals surface area contributed by atoms with E-state index in [9.17, 15) is 9.59 Å². The maximum absolute atomic E-state index is 11.5. The Hall–Kier alpha value is -1.56. The van der Waals surface area contributed by atoms with Crippen LogP contribution in [-0.2, 0) is 9.53 Å². The number of methoxy groups -OCH3 is 1. The zero-order chi connectivity index (χ0) is 13.8. The van der Waals surface area contributed by atoms with E-state index in [4.69, 9.17) is 4.74 Å². The van der Waals surface area contributed by atoms with Crippen LogP contribution >= 0.6 is 0 Å². The molecule has 19 heavy (non-hydrogen) atoms. The molecule has 1 atom stereocenters. The molecule has 0 bridgehead atoms. The summed E-state index contributed by atoms with van der Waals surface area (Å²) in [5, 5.41) is 2.86. The standard InChI is InChI=1S/C13H21N3O3/c1-3-10(12(17)19-2)4-5-15-6-7-16-11(9-15)8-14-13(16)18/h4,11H,3,5-9H2,1-2H3,(H,14,18). The third-order valence-electron chi connectivity index (χ3n) is 3.74. The van der Waals surface area contributed by atoms with Crippen molar-refractivity contribution < 1.29 is 14.3 Å². The summed E-state index contributed by atoms with van der Waals surface area (Å²) < 4.78 is 4.74. The van der Waals surface area contributed by atoms with Gasteiger partial charge in [-0.1, -0.05) is 13.0 Å². The van der Waals surface area contributed by atoms with E-state index in [1.54, 1.807) is 0 Å². The van der Waals surface area contributed by atoms with Gasteiger partial charge in [-0.2, -0.15) is 0 Å². The summed E-state index contributed by atoms with van der Waals surface area (Å²) >= 11 is 0. The monoisotopic (exact) mass is 267 g/mol. The third-order valence-corrected chi connectivity index (χ3v) is 3.74. The molecular formula is C13H21N3O3. The van der Waals surface area contributed by atoms with Crippen molar-refractivity contribution in [2.45, 2.75) is 19.4 Å². The normalized spacial score (nSPS) is 24.1. The smallest absolute Gasteiger partial charge is 0.333 e. The van der Waals surface area contributed by atoms with Gasteiger partial charge in [-0.05, 0) is 6.42 Å². The number of ether oxygens (including phenoxy) is 1. The summed E-state index contributed by atoms with van der Waals surface area (Å²) in [5.74, 6) is -0.251. The number of esters is 1. The predicted octanol–water partition coefficient (Wildman–Crippen LogP) is 0.205. The van der Waals surface area contributed by atoms with Crippen LogP contribution in [0.1, 0.15) is 13.3 Å². The first-order valence-corrected chi connectivity index (χ1v) is 6.69. The molecule has 106 valence electrons. The zero-order valence-electron chi connectivity index (χ0n) is 11.5. The first kappa shape index (κ1) is 13.9. The van der Waals surface area contributed by atoms with Gasteiger partial charge in [0, 0.05) is 38.3 Å². The van der Waals surface area contributed by atoms with Gasteiger partial charge in [-0.25, -0.2) is 9.59 Å². The van der Waals surface area contributed by atoms with Crippen molar-refractivity contribution in [2.24, 2.45) is 0 Å². The number of hydrogen-bond acceptors (Lipinski definition) is 4. The van der Waals surface area contributed by atoms with Gasteiger partial charge in [0.15, 0.2) is 0 Å². The fraction of sp³-hybridized carbons (Fsp3) is 0.692. The minimum atomic E-state index is -0.251. The van der Waals surface area contributed by atoms with Crippen LogP contribution in [0.5, 0.6) is 0 Å². The average Bonchev–Trinajstić information content (AvgIpc) is 2.80. The molecule has 2 fully saturated rings. The molecule has 0 saturated carbocycles. The molecule has 6 nitrogen and oxygen atoms in total. The maximum atomic E-state index is 11.5. The highest BCUT2D eigenvalue weighted by Gasteiger charge is 2.34.